The standard InChI is InChI=1S/C18H36N2/c1-3-4-5-10-15(2)20-18-13-7-6-11-16(18)17-12-8-9-14-19-17/h15-20H,3-14H2,1-2H3. The minimum absolute atomic E-state index is 0.704. The summed E-state index contributed by atoms with van der Waals surface area (Å²) < 4.78 is 0. The first-order valence-electron chi connectivity index (χ1n) is 9.30. The summed E-state index contributed by atoms with van der Waals surface area (Å²) in [5.74, 6) is 0.887. The number of unbranched alkanes of at least 4 members (excludes halogenated alkanes) is 2. The predicted octanol–water partition coefficient (Wildman–Crippen LogP) is 4.25. The van der Waals surface area contributed by atoms with Crippen molar-refractivity contribution in [2.75, 3.05) is 6.54 Å². The minimum Gasteiger partial charge on any atom is -0.314 e. The van der Waals surface area contributed by atoms with Gasteiger partial charge in [0.05, 0.1) is 0 Å². The molecule has 0 aromatic heterocycles. The monoisotopic (exact) mass is 280 g/mol. The van der Waals surface area contributed by atoms with E-state index in [9.17, 15) is 0 Å². The maximum absolute atomic E-state index is 3.99. The molecule has 1 aliphatic carbocycles. The van der Waals surface area contributed by atoms with Crippen molar-refractivity contribution in [1.82, 2.24) is 10.6 Å². The molecule has 0 radical (unpaired) electrons. The summed E-state index contributed by atoms with van der Waals surface area (Å²) in [6.45, 7) is 5.94. The van der Waals surface area contributed by atoms with Gasteiger partial charge in [0.15, 0.2) is 0 Å². The van der Waals surface area contributed by atoms with Gasteiger partial charge in [-0.15, -0.1) is 0 Å². The van der Waals surface area contributed by atoms with Gasteiger partial charge in [0, 0.05) is 18.1 Å². The van der Waals surface area contributed by atoms with Gasteiger partial charge in [-0.05, 0) is 51.5 Å². The second kappa shape index (κ2) is 9.04. The van der Waals surface area contributed by atoms with Crippen LogP contribution in [0.5, 0.6) is 0 Å². The first kappa shape index (κ1) is 16.3. The number of piperidine rings is 1. The summed E-state index contributed by atoms with van der Waals surface area (Å²) in [4.78, 5) is 0. The Labute approximate surface area is 126 Å². The number of nitrogens with one attached hydrogen (secondary N) is 2. The zero-order chi connectivity index (χ0) is 14.2. The van der Waals surface area contributed by atoms with Gasteiger partial charge in [-0.2, -0.15) is 0 Å². The molecule has 2 N–H and O–H groups in total. The fourth-order valence-electron chi connectivity index (χ4n) is 4.24. The van der Waals surface area contributed by atoms with E-state index in [0.29, 0.717) is 6.04 Å². The number of rotatable bonds is 7. The molecular formula is C18H36N2. The summed E-state index contributed by atoms with van der Waals surface area (Å²) >= 11 is 0. The van der Waals surface area contributed by atoms with E-state index in [1.807, 2.05) is 0 Å². The van der Waals surface area contributed by atoms with Crippen LogP contribution in [0.3, 0.4) is 0 Å². The topological polar surface area (TPSA) is 24.1 Å². The van der Waals surface area contributed by atoms with Crippen molar-refractivity contribution in [3.8, 4) is 0 Å². The lowest BCUT2D eigenvalue weighted by Gasteiger charge is -2.41. The van der Waals surface area contributed by atoms with Crippen molar-refractivity contribution < 1.29 is 0 Å². The smallest absolute Gasteiger partial charge is 0.0113 e. The summed E-state index contributed by atoms with van der Waals surface area (Å²) in [7, 11) is 0. The average molecular weight is 280 g/mol. The third-order valence-electron chi connectivity index (χ3n) is 5.42. The largest absolute Gasteiger partial charge is 0.314 e. The minimum atomic E-state index is 0.704. The Bertz CT molecular complexity index is 248. The van der Waals surface area contributed by atoms with E-state index in [4.69, 9.17) is 0 Å². The Kier molecular flexibility index (Phi) is 7.37. The van der Waals surface area contributed by atoms with E-state index in [1.54, 1.807) is 0 Å². The van der Waals surface area contributed by atoms with Crippen molar-refractivity contribution in [2.45, 2.75) is 103 Å². The molecule has 0 aromatic carbocycles. The Balaban J connectivity index is 1.79. The Morgan fingerprint density at radius 3 is 2.60 bits per heavy atom. The SMILES string of the molecule is CCCCCC(C)NC1CCCCC1C1CCCCN1. The molecule has 0 amide bonds. The van der Waals surface area contributed by atoms with Crippen LogP contribution >= 0.6 is 0 Å². The molecule has 0 bridgehead atoms. The van der Waals surface area contributed by atoms with E-state index in [2.05, 4.69) is 24.5 Å². The fourth-order valence-corrected chi connectivity index (χ4v) is 4.24. The van der Waals surface area contributed by atoms with E-state index in [1.165, 1.54) is 77.2 Å². The zero-order valence-electron chi connectivity index (χ0n) is 13.8. The van der Waals surface area contributed by atoms with Gasteiger partial charge in [0.2, 0.25) is 0 Å². The maximum Gasteiger partial charge on any atom is 0.0113 e. The molecule has 1 saturated heterocycles. The van der Waals surface area contributed by atoms with Gasteiger partial charge in [-0.1, -0.05) is 45.4 Å². The lowest BCUT2D eigenvalue weighted by atomic mass is 9.77. The van der Waals surface area contributed by atoms with Crippen molar-refractivity contribution >= 4 is 0 Å². The highest BCUT2D eigenvalue weighted by atomic mass is 15.0. The first-order chi connectivity index (χ1) is 9.81. The molecule has 2 heteroatoms. The lowest BCUT2D eigenvalue weighted by Crippen LogP contribution is -2.52. The van der Waals surface area contributed by atoms with Crippen LogP contribution in [0.1, 0.15) is 84.5 Å². The van der Waals surface area contributed by atoms with Crippen molar-refractivity contribution in [3.05, 3.63) is 0 Å². The van der Waals surface area contributed by atoms with Crippen LogP contribution < -0.4 is 10.6 Å². The van der Waals surface area contributed by atoms with Crippen LogP contribution in [0.2, 0.25) is 0 Å². The van der Waals surface area contributed by atoms with Gasteiger partial charge >= 0.3 is 0 Å². The molecule has 2 aliphatic rings. The Morgan fingerprint density at radius 2 is 1.85 bits per heavy atom. The quantitative estimate of drug-likeness (QED) is 0.681. The molecule has 1 heterocycles. The Morgan fingerprint density at radius 1 is 1.05 bits per heavy atom. The van der Waals surface area contributed by atoms with Crippen LogP contribution in [0.25, 0.3) is 0 Å². The molecule has 2 fully saturated rings. The van der Waals surface area contributed by atoms with Gasteiger partial charge in [-0.3, -0.25) is 0 Å². The summed E-state index contributed by atoms with van der Waals surface area (Å²) in [5.41, 5.74) is 0. The summed E-state index contributed by atoms with van der Waals surface area (Å²) in [5, 5.41) is 7.79. The van der Waals surface area contributed by atoms with Gasteiger partial charge in [-0.25, -0.2) is 0 Å². The zero-order valence-corrected chi connectivity index (χ0v) is 13.8. The normalized spacial score (nSPS) is 33.0. The highest BCUT2D eigenvalue weighted by Gasteiger charge is 2.32. The maximum atomic E-state index is 3.99. The van der Waals surface area contributed by atoms with E-state index >= 15 is 0 Å². The lowest BCUT2D eigenvalue weighted by molar-refractivity contribution is 0.171. The summed E-state index contributed by atoms with van der Waals surface area (Å²) in [6, 6.07) is 2.27. The molecule has 118 valence electrons. The van der Waals surface area contributed by atoms with Gasteiger partial charge in [0.25, 0.3) is 0 Å². The average Bonchev–Trinajstić information content (AvgIpc) is 2.49. The molecule has 0 spiro atoms. The molecule has 0 aromatic rings. The molecule has 1 saturated carbocycles. The van der Waals surface area contributed by atoms with Gasteiger partial charge in [0.1, 0.15) is 0 Å². The third kappa shape index (κ3) is 5.04. The molecular weight excluding hydrogens is 244 g/mol. The number of hydrogen-bond donors (Lipinski definition) is 2. The molecule has 2 rings (SSSR count). The summed E-state index contributed by atoms with van der Waals surface area (Å²) in [6.07, 6.45) is 15.4. The van der Waals surface area contributed by atoms with E-state index in [-0.39, 0.29) is 0 Å². The van der Waals surface area contributed by atoms with E-state index < -0.39 is 0 Å². The van der Waals surface area contributed by atoms with Crippen molar-refractivity contribution in [1.29, 1.82) is 0 Å². The van der Waals surface area contributed by atoms with Crippen molar-refractivity contribution in [2.24, 2.45) is 5.92 Å². The van der Waals surface area contributed by atoms with Crippen LogP contribution in [0.4, 0.5) is 0 Å². The second-order valence-electron chi connectivity index (χ2n) is 7.17. The number of hydrogen-bond acceptors (Lipinski definition) is 2. The van der Waals surface area contributed by atoms with Gasteiger partial charge < -0.3 is 10.6 Å². The second-order valence-corrected chi connectivity index (χ2v) is 7.17. The molecule has 4 unspecified atom stereocenters. The fraction of sp³-hybridized carbons (Fsp3) is 1.00. The predicted molar refractivity (Wildman–Crippen MR) is 88.1 cm³/mol. The molecule has 2 nitrogen and oxygen atoms in total. The molecule has 1 aliphatic heterocycles. The molecule has 20 heavy (non-hydrogen) atoms. The van der Waals surface area contributed by atoms with Crippen LogP contribution in [0, 0.1) is 5.92 Å². The van der Waals surface area contributed by atoms with E-state index in [0.717, 1.165) is 18.0 Å². The highest BCUT2D eigenvalue weighted by molar-refractivity contribution is 4.91. The van der Waals surface area contributed by atoms with Crippen LogP contribution in [0.15, 0.2) is 0 Å². The van der Waals surface area contributed by atoms with Crippen LogP contribution in [-0.2, 0) is 0 Å². The van der Waals surface area contributed by atoms with Crippen molar-refractivity contribution in [3.63, 3.8) is 0 Å². The molecule has 4 atom stereocenters. The van der Waals surface area contributed by atoms with Crippen LogP contribution in [-0.4, -0.2) is 24.7 Å². The first-order valence-corrected chi connectivity index (χ1v) is 9.30. The third-order valence-corrected chi connectivity index (χ3v) is 5.42. The Hall–Kier alpha value is -0.0800. The highest BCUT2D eigenvalue weighted by Crippen LogP contribution is 2.31.